The number of carbonyl (C=O) groups excluding carboxylic acids is 2. The summed E-state index contributed by atoms with van der Waals surface area (Å²) in [5.41, 5.74) is 1.23. The van der Waals surface area contributed by atoms with E-state index in [2.05, 4.69) is 20.9 Å². The van der Waals surface area contributed by atoms with E-state index in [1.165, 1.54) is 0 Å². The van der Waals surface area contributed by atoms with Crippen molar-refractivity contribution < 1.29 is 9.59 Å². The van der Waals surface area contributed by atoms with Gasteiger partial charge in [0.25, 0.3) is 5.91 Å². The highest BCUT2D eigenvalue weighted by Crippen LogP contribution is 2.23. The molecule has 2 heterocycles. The van der Waals surface area contributed by atoms with E-state index in [1.807, 2.05) is 36.6 Å². The van der Waals surface area contributed by atoms with Gasteiger partial charge in [-0.2, -0.15) is 0 Å². The summed E-state index contributed by atoms with van der Waals surface area (Å²) in [6, 6.07) is 6.65. The molecule has 0 radical (unpaired) electrons. The lowest BCUT2D eigenvalue weighted by Gasteiger charge is -2.35. The first-order valence-corrected chi connectivity index (χ1v) is 9.12. The predicted molar refractivity (Wildman–Crippen MR) is 104 cm³/mol. The van der Waals surface area contributed by atoms with E-state index < -0.39 is 0 Å². The molecule has 0 bridgehead atoms. The molecular formula is C19H26N6O2. The highest BCUT2D eigenvalue weighted by Gasteiger charge is 2.30. The molecule has 3 N–H and O–H groups in total. The first-order valence-electron chi connectivity index (χ1n) is 9.12. The summed E-state index contributed by atoms with van der Waals surface area (Å²) in [6.45, 7) is 5.83. The molecule has 1 saturated heterocycles. The molecule has 0 saturated carbocycles. The average Bonchev–Trinajstić information content (AvgIpc) is 3.07. The van der Waals surface area contributed by atoms with E-state index in [9.17, 15) is 9.59 Å². The fraction of sp³-hybridized carbons (Fsp3) is 0.421. The Morgan fingerprint density at radius 2 is 2.00 bits per heavy atom. The Kier molecular flexibility index (Phi) is 5.75. The zero-order valence-electron chi connectivity index (χ0n) is 15.9. The summed E-state index contributed by atoms with van der Waals surface area (Å²) in [7, 11) is 1.93. The number of benzene rings is 1. The maximum atomic E-state index is 13.1. The molecule has 0 aliphatic carbocycles. The lowest BCUT2D eigenvalue weighted by atomic mass is 10.1. The Balaban J connectivity index is 1.72. The Bertz CT molecular complexity index is 799. The first kappa shape index (κ1) is 18.9. The number of piperazine rings is 1. The number of imidazole rings is 1. The van der Waals surface area contributed by atoms with Gasteiger partial charge in [-0.1, -0.05) is 0 Å². The number of amides is 3. The number of rotatable bonds is 4. The Labute approximate surface area is 159 Å². The van der Waals surface area contributed by atoms with Gasteiger partial charge in [0.2, 0.25) is 0 Å². The Morgan fingerprint density at radius 1 is 1.26 bits per heavy atom. The van der Waals surface area contributed by atoms with Crippen molar-refractivity contribution in [2.24, 2.45) is 7.05 Å². The molecule has 1 atom stereocenters. The van der Waals surface area contributed by atoms with Gasteiger partial charge in [0.05, 0.1) is 0 Å². The van der Waals surface area contributed by atoms with Crippen LogP contribution in [-0.2, 0) is 7.05 Å². The van der Waals surface area contributed by atoms with Crippen LogP contribution in [0.2, 0.25) is 0 Å². The van der Waals surface area contributed by atoms with E-state index in [0.29, 0.717) is 24.3 Å². The highest BCUT2D eigenvalue weighted by molar-refractivity contribution is 5.96. The molecule has 1 aliphatic rings. The largest absolute Gasteiger partial charge is 0.336 e. The van der Waals surface area contributed by atoms with Crippen LogP contribution in [0.25, 0.3) is 0 Å². The number of carbonyl (C=O) groups is 2. The highest BCUT2D eigenvalue weighted by atomic mass is 16.2. The molecule has 0 spiro atoms. The number of hydrogen-bond donors (Lipinski definition) is 3. The van der Waals surface area contributed by atoms with Gasteiger partial charge in [0, 0.05) is 56.4 Å². The normalized spacial score (nSPS) is 17.0. The summed E-state index contributed by atoms with van der Waals surface area (Å²) in [5.74, 6) is 0.821. The average molecular weight is 370 g/mol. The Morgan fingerprint density at radius 3 is 2.63 bits per heavy atom. The summed E-state index contributed by atoms with van der Waals surface area (Å²) in [4.78, 5) is 31.1. The van der Waals surface area contributed by atoms with Gasteiger partial charge in [-0.15, -0.1) is 0 Å². The molecule has 8 nitrogen and oxygen atoms in total. The molecule has 1 aromatic carbocycles. The van der Waals surface area contributed by atoms with Crippen molar-refractivity contribution in [3.8, 4) is 0 Å². The monoisotopic (exact) mass is 370 g/mol. The van der Waals surface area contributed by atoms with Crippen molar-refractivity contribution in [1.82, 2.24) is 25.1 Å². The molecule has 1 unspecified atom stereocenters. The maximum Gasteiger partial charge on any atom is 0.319 e. The van der Waals surface area contributed by atoms with Crippen molar-refractivity contribution in [2.45, 2.75) is 25.9 Å². The molecule has 1 aromatic heterocycles. The summed E-state index contributed by atoms with van der Waals surface area (Å²) >= 11 is 0. The second kappa shape index (κ2) is 8.22. The third kappa shape index (κ3) is 4.46. The van der Waals surface area contributed by atoms with Crippen molar-refractivity contribution in [1.29, 1.82) is 0 Å². The zero-order valence-corrected chi connectivity index (χ0v) is 15.9. The van der Waals surface area contributed by atoms with Crippen molar-refractivity contribution in [3.63, 3.8) is 0 Å². The molecule has 8 heteroatoms. The summed E-state index contributed by atoms with van der Waals surface area (Å²) in [6.07, 6.45) is 3.63. The van der Waals surface area contributed by atoms with Gasteiger partial charge in [0.15, 0.2) is 0 Å². The summed E-state index contributed by atoms with van der Waals surface area (Å²) in [5, 5.41) is 8.86. The minimum Gasteiger partial charge on any atom is -0.336 e. The minimum atomic E-state index is -0.263. The van der Waals surface area contributed by atoms with Crippen LogP contribution in [-0.4, -0.2) is 52.1 Å². The van der Waals surface area contributed by atoms with Crippen LogP contribution in [0, 0.1) is 0 Å². The number of hydrogen-bond acceptors (Lipinski definition) is 4. The number of nitrogens with one attached hydrogen (secondary N) is 3. The molecular weight excluding hydrogens is 344 g/mol. The van der Waals surface area contributed by atoms with Crippen LogP contribution < -0.4 is 16.0 Å². The first-order chi connectivity index (χ1) is 13.0. The van der Waals surface area contributed by atoms with Gasteiger partial charge in [-0.3, -0.25) is 4.79 Å². The van der Waals surface area contributed by atoms with Crippen LogP contribution in [0.1, 0.15) is 36.1 Å². The van der Waals surface area contributed by atoms with E-state index in [1.54, 1.807) is 30.5 Å². The second-order valence-corrected chi connectivity index (χ2v) is 6.95. The number of urea groups is 1. The van der Waals surface area contributed by atoms with Crippen LogP contribution >= 0.6 is 0 Å². The minimum absolute atomic E-state index is 0.0392. The number of nitrogens with zero attached hydrogens (tertiary/aromatic N) is 3. The molecule has 3 amide bonds. The van der Waals surface area contributed by atoms with Crippen molar-refractivity contribution in [3.05, 3.63) is 48.0 Å². The van der Waals surface area contributed by atoms with E-state index in [4.69, 9.17) is 0 Å². The van der Waals surface area contributed by atoms with Crippen LogP contribution in [0.4, 0.5) is 10.5 Å². The molecule has 2 aromatic rings. The van der Waals surface area contributed by atoms with Crippen molar-refractivity contribution in [2.75, 3.05) is 25.0 Å². The van der Waals surface area contributed by atoms with Gasteiger partial charge < -0.3 is 25.4 Å². The lowest BCUT2D eigenvalue weighted by Crippen LogP contribution is -2.49. The van der Waals surface area contributed by atoms with Crippen LogP contribution in [0.15, 0.2) is 36.7 Å². The Hall–Kier alpha value is -2.87. The second-order valence-electron chi connectivity index (χ2n) is 6.95. The molecule has 144 valence electrons. The standard InChI is InChI=1S/C19H26N6O2/c1-13(2)22-19(27)23-15-6-4-14(5-7-15)18(26)25-11-8-20-12-16(25)17-21-9-10-24(17)3/h4-7,9-10,13,16,20H,8,11-12H2,1-3H3,(H2,22,23,27). The summed E-state index contributed by atoms with van der Waals surface area (Å²) < 4.78 is 1.94. The molecule has 27 heavy (non-hydrogen) atoms. The molecule has 1 fully saturated rings. The molecule has 3 rings (SSSR count). The van der Waals surface area contributed by atoms with Gasteiger partial charge in [-0.05, 0) is 38.1 Å². The number of aromatic nitrogens is 2. The number of aryl methyl sites for hydroxylation is 1. The third-order valence-corrected chi connectivity index (χ3v) is 4.47. The number of anilines is 1. The third-order valence-electron chi connectivity index (χ3n) is 4.47. The van der Waals surface area contributed by atoms with E-state index in [0.717, 1.165) is 12.4 Å². The topological polar surface area (TPSA) is 91.3 Å². The van der Waals surface area contributed by atoms with E-state index in [-0.39, 0.29) is 24.0 Å². The van der Waals surface area contributed by atoms with Gasteiger partial charge >= 0.3 is 6.03 Å². The quantitative estimate of drug-likeness (QED) is 0.764. The van der Waals surface area contributed by atoms with Crippen molar-refractivity contribution >= 4 is 17.6 Å². The van der Waals surface area contributed by atoms with E-state index >= 15 is 0 Å². The van der Waals surface area contributed by atoms with Gasteiger partial charge in [-0.25, -0.2) is 9.78 Å². The SMILES string of the molecule is CC(C)NC(=O)Nc1ccc(C(=O)N2CCNCC2c2nccn2C)cc1. The molecule has 1 aliphatic heterocycles. The predicted octanol–water partition coefficient (Wildman–Crippen LogP) is 1.74. The fourth-order valence-corrected chi connectivity index (χ4v) is 3.17. The van der Waals surface area contributed by atoms with Crippen LogP contribution in [0.5, 0.6) is 0 Å². The lowest BCUT2D eigenvalue weighted by molar-refractivity contribution is 0.0621. The van der Waals surface area contributed by atoms with Crippen LogP contribution in [0.3, 0.4) is 0 Å². The zero-order chi connectivity index (χ0) is 19.4. The van der Waals surface area contributed by atoms with Gasteiger partial charge in [0.1, 0.15) is 11.9 Å². The fourth-order valence-electron chi connectivity index (χ4n) is 3.17. The maximum absolute atomic E-state index is 13.1. The smallest absolute Gasteiger partial charge is 0.319 e.